The highest BCUT2D eigenvalue weighted by molar-refractivity contribution is 14.0. The summed E-state index contributed by atoms with van der Waals surface area (Å²) in [5, 5.41) is 19.1. The maximum atomic E-state index is 13.2. The number of benzene rings is 2. The average Bonchev–Trinajstić information content (AvgIpc) is 2.69. The maximum absolute atomic E-state index is 13.2. The number of hydrogen-bond acceptors (Lipinski definition) is 4. The fourth-order valence-corrected chi connectivity index (χ4v) is 2.64. The summed E-state index contributed by atoms with van der Waals surface area (Å²) in [6, 6.07) is 12.9. The zero-order valence-corrected chi connectivity index (χ0v) is 20.2. The molecule has 1 amide bonds. The minimum Gasteiger partial charge on any atom is -0.491 e. The van der Waals surface area contributed by atoms with Crippen LogP contribution < -0.4 is 20.7 Å². The second-order valence-corrected chi connectivity index (χ2v) is 6.89. The van der Waals surface area contributed by atoms with Crippen molar-refractivity contribution in [1.29, 1.82) is 0 Å². The summed E-state index contributed by atoms with van der Waals surface area (Å²) in [7, 11) is 0. The highest BCUT2D eigenvalue weighted by Crippen LogP contribution is 2.20. The van der Waals surface area contributed by atoms with E-state index in [4.69, 9.17) is 4.74 Å². The molecule has 31 heavy (non-hydrogen) atoms. The van der Waals surface area contributed by atoms with Crippen molar-refractivity contribution < 1.29 is 19.0 Å². The lowest BCUT2D eigenvalue weighted by molar-refractivity contribution is -0.114. The molecule has 0 aromatic heterocycles. The number of halogens is 2. The number of nitrogens with zero attached hydrogens (tertiary/aromatic N) is 1. The molecule has 2 aromatic carbocycles. The van der Waals surface area contributed by atoms with Gasteiger partial charge >= 0.3 is 0 Å². The van der Waals surface area contributed by atoms with E-state index in [2.05, 4.69) is 20.9 Å². The summed E-state index contributed by atoms with van der Waals surface area (Å²) in [4.78, 5) is 16.3. The van der Waals surface area contributed by atoms with Crippen molar-refractivity contribution in [3.63, 3.8) is 0 Å². The van der Waals surface area contributed by atoms with Gasteiger partial charge in [-0.3, -0.25) is 4.79 Å². The first-order valence-corrected chi connectivity index (χ1v) is 9.89. The van der Waals surface area contributed by atoms with E-state index >= 15 is 0 Å². The molecule has 0 saturated carbocycles. The van der Waals surface area contributed by atoms with Gasteiger partial charge in [0.25, 0.3) is 0 Å². The number of ether oxygens (including phenoxy) is 1. The number of amides is 1. The predicted molar refractivity (Wildman–Crippen MR) is 132 cm³/mol. The topological polar surface area (TPSA) is 95.0 Å². The third-order valence-electron chi connectivity index (χ3n) is 3.91. The number of nitrogens with one attached hydrogen (secondary N) is 3. The Kier molecular flexibility index (Phi) is 11.9. The van der Waals surface area contributed by atoms with Gasteiger partial charge in [0.1, 0.15) is 18.1 Å². The van der Waals surface area contributed by atoms with E-state index in [9.17, 15) is 14.3 Å². The summed E-state index contributed by atoms with van der Waals surface area (Å²) in [5.74, 6) is 0.275. The molecule has 0 saturated heterocycles. The van der Waals surface area contributed by atoms with Crippen LogP contribution in [0.4, 0.5) is 10.1 Å². The first kappa shape index (κ1) is 26.6. The minimum absolute atomic E-state index is 0. The monoisotopic (exact) mass is 544 g/mol. The fourth-order valence-electron chi connectivity index (χ4n) is 2.64. The highest BCUT2D eigenvalue weighted by atomic mass is 127. The van der Waals surface area contributed by atoms with Crippen LogP contribution in [0.25, 0.3) is 0 Å². The number of aliphatic hydroxyl groups excluding tert-OH is 1. The number of guanidine groups is 1. The van der Waals surface area contributed by atoms with Crippen LogP contribution in [-0.4, -0.2) is 42.7 Å². The molecule has 0 spiro atoms. The maximum Gasteiger partial charge on any atom is 0.246 e. The van der Waals surface area contributed by atoms with Crippen molar-refractivity contribution in [1.82, 2.24) is 10.6 Å². The standard InChI is InChI=1S/C22H29FN4O3.HI/c1-4-24-22(26-14-21(29)27-18-9-6-8-17(23)12-18)25-13-20(28)16-7-5-10-19(11-16)30-15(2)3;/h5-12,15,20,28H,4,13-14H2,1-3H3,(H,27,29)(H2,24,25,26);1H. The van der Waals surface area contributed by atoms with Crippen LogP contribution in [0.3, 0.4) is 0 Å². The lowest BCUT2D eigenvalue weighted by Crippen LogP contribution is -2.40. The Bertz CT molecular complexity index is 864. The van der Waals surface area contributed by atoms with Gasteiger partial charge in [-0.25, -0.2) is 9.38 Å². The van der Waals surface area contributed by atoms with Gasteiger partial charge in [0.05, 0.1) is 12.2 Å². The Morgan fingerprint density at radius 2 is 1.90 bits per heavy atom. The molecule has 1 unspecified atom stereocenters. The minimum atomic E-state index is -0.786. The van der Waals surface area contributed by atoms with Crippen LogP contribution in [0.1, 0.15) is 32.4 Å². The van der Waals surface area contributed by atoms with Gasteiger partial charge in [-0.2, -0.15) is 0 Å². The quantitative estimate of drug-likeness (QED) is 0.221. The number of anilines is 1. The first-order chi connectivity index (χ1) is 14.4. The molecule has 0 aliphatic heterocycles. The predicted octanol–water partition coefficient (Wildman–Crippen LogP) is 3.46. The highest BCUT2D eigenvalue weighted by Gasteiger charge is 2.11. The Morgan fingerprint density at radius 1 is 1.16 bits per heavy atom. The van der Waals surface area contributed by atoms with Crippen molar-refractivity contribution in [2.45, 2.75) is 33.0 Å². The van der Waals surface area contributed by atoms with Crippen LogP contribution in [0.5, 0.6) is 5.75 Å². The molecule has 4 N–H and O–H groups in total. The fraction of sp³-hybridized carbons (Fsp3) is 0.364. The Hall–Kier alpha value is -2.40. The van der Waals surface area contributed by atoms with Crippen molar-refractivity contribution >= 4 is 41.5 Å². The molecule has 0 aliphatic carbocycles. The molecule has 170 valence electrons. The summed E-state index contributed by atoms with van der Waals surface area (Å²) in [6.45, 7) is 6.41. The molecule has 0 radical (unpaired) electrons. The molecule has 2 rings (SSSR count). The third kappa shape index (κ3) is 9.97. The van der Waals surface area contributed by atoms with Gasteiger partial charge in [0.15, 0.2) is 5.96 Å². The van der Waals surface area contributed by atoms with Gasteiger partial charge in [-0.05, 0) is 56.7 Å². The van der Waals surface area contributed by atoms with E-state index in [0.717, 1.165) is 0 Å². The van der Waals surface area contributed by atoms with Crippen LogP contribution in [0.2, 0.25) is 0 Å². The summed E-state index contributed by atoms with van der Waals surface area (Å²) in [5.41, 5.74) is 1.08. The largest absolute Gasteiger partial charge is 0.491 e. The lowest BCUT2D eigenvalue weighted by atomic mass is 10.1. The molecular weight excluding hydrogens is 514 g/mol. The van der Waals surface area contributed by atoms with E-state index in [0.29, 0.717) is 29.5 Å². The van der Waals surface area contributed by atoms with E-state index in [-0.39, 0.29) is 49.1 Å². The number of hydrogen-bond donors (Lipinski definition) is 4. The Labute approximate surface area is 199 Å². The van der Waals surface area contributed by atoms with Gasteiger partial charge in [-0.1, -0.05) is 18.2 Å². The second-order valence-electron chi connectivity index (χ2n) is 6.89. The number of aliphatic imine (C=N–C) groups is 1. The van der Waals surface area contributed by atoms with Crippen LogP contribution in [0, 0.1) is 5.82 Å². The smallest absolute Gasteiger partial charge is 0.246 e. The van der Waals surface area contributed by atoms with E-state index in [1.54, 1.807) is 12.1 Å². The molecule has 0 aliphatic rings. The average molecular weight is 544 g/mol. The van der Waals surface area contributed by atoms with Crippen molar-refractivity contribution in [3.05, 3.63) is 59.9 Å². The number of carbonyl (C=O) groups is 1. The van der Waals surface area contributed by atoms with Crippen LogP contribution in [0.15, 0.2) is 53.5 Å². The summed E-state index contributed by atoms with van der Waals surface area (Å²) < 4.78 is 18.9. The first-order valence-electron chi connectivity index (χ1n) is 9.89. The molecule has 7 nitrogen and oxygen atoms in total. The number of aliphatic hydroxyl groups is 1. The van der Waals surface area contributed by atoms with Gasteiger partial charge in [0, 0.05) is 18.8 Å². The van der Waals surface area contributed by atoms with Gasteiger partial charge in [-0.15, -0.1) is 24.0 Å². The lowest BCUT2D eigenvalue weighted by Gasteiger charge is -2.17. The number of carbonyl (C=O) groups excluding carboxylic acids is 1. The SMILES string of the molecule is CCNC(=NCC(=O)Nc1cccc(F)c1)NCC(O)c1cccc(OC(C)C)c1.I. The zero-order chi connectivity index (χ0) is 21.9. The van der Waals surface area contributed by atoms with Crippen molar-refractivity contribution in [3.8, 4) is 5.75 Å². The van der Waals surface area contributed by atoms with Gasteiger partial charge in [0.2, 0.25) is 5.91 Å². The summed E-state index contributed by atoms with van der Waals surface area (Å²) in [6.07, 6.45) is -0.743. The second kappa shape index (κ2) is 13.8. The molecule has 2 aromatic rings. The Morgan fingerprint density at radius 3 is 2.58 bits per heavy atom. The molecule has 0 heterocycles. The van der Waals surface area contributed by atoms with Crippen LogP contribution in [-0.2, 0) is 4.79 Å². The molecule has 9 heteroatoms. The van der Waals surface area contributed by atoms with E-state index in [1.807, 2.05) is 39.0 Å². The van der Waals surface area contributed by atoms with E-state index < -0.39 is 11.9 Å². The molecule has 1 atom stereocenters. The third-order valence-corrected chi connectivity index (χ3v) is 3.91. The molecule has 0 bridgehead atoms. The molecular formula is C22H30FIN4O3. The zero-order valence-electron chi connectivity index (χ0n) is 17.9. The molecule has 0 fully saturated rings. The summed E-state index contributed by atoms with van der Waals surface area (Å²) >= 11 is 0. The van der Waals surface area contributed by atoms with Crippen molar-refractivity contribution in [2.75, 3.05) is 25.0 Å². The van der Waals surface area contributed by atoms with Gasteiger partial charge < -0.3 is 25.8 Å². The normalized spacial score (nSPS) is 12.0. The van der Waals surface area contributed by atoms with Crippen LogP contribution >= 0.6 is 24.0 Å². The van der Waals surface area contributed by atoms with E-state index in [1.165, 1.54) is 18.2 Å². The van der Waals surface area contributed by atoms with Crippen molar-refractivity contribution in [2.24, 2.45) is 4.99 Å². The Balaban J connectivity index is 0.00000480. The number of rotatable bonds is 9.